The molecule has 1 aromatic carbocycles. The number of benzene rings is 1. The Labute approximate surface area is 85.3 Å². The third-order valence-electron chi connectivity index (χ3n) is 1.85. The van der Waals surface area contributed by atoms with Crippen LogP contribution in [0.1, 0.15) is 11.1 Å². The minimum absolute atomic E-state index is 0.0226. The van der Waals surface area contributed by atoms with Crippen LogP contribution in [0.5, 0.6) is 0 Å². The fourth-order valence-corrected chi connectivity index (χ4v) is 1.13. The van der Waals surface area contributed by atoms with Gasteiger partial charge in [-0.15, -0.1) is 0 Å². The Morgan fingerprint density at radius 3 is 2.60 bits per heavy atom. The van der Waals surface area contributed by atoms with Gasteiger partial charge in [-0.05, 0) is 5.56 Å². The van der Waals surface area contributed by atoms with Gasteiger partial charge < -0.3 is 5.73 Å². The SMILES string of the molecule is N#CCc1cc([N+](=O)[O-])cc(C#N)c1N. The first-order valence-electron chi connectivity index (χ1n) is 3.94. The number of non-ortho nitro benzene ring substituents is 1. The Kier molecular flexibility index (Phi) is 2.85. The molecule has 0 fully saturated rings. The van der Waals surface area contributed by atoms with Gasteiger partial charge in [-0.25, -0.2) is 0 Å². The Bertz CT molecular complexity index is 496. The first-order chi connectivity index (χ1) is 7.10. The monoisotopic (exact) mass is 202 g/mol. The molecule has 6 heteroatoms. The van der Waals surface area contributed by atoms with Crippen molar-refractivity contribution >= 4 is 11.4 Å². The van der Waals surface area contributed by atoms with Gasteiger partial charge >= 0.3 is 0 Å². The fourth-order valence-electron chi connectivity index (χ4n) is 1.13. The van der Waals surface area contributed by atoms with Gasteiger partial charge in [0.2, 0.25) is 0 Å². The van der Waals surface area contributed by atoms with E-state index in [1.165, 1.54) is 6.07 Å². The molecule has 74 valence electrons. The number of hydrogen-bond acceptors (Lipinski definition) is 5. The molecule has 15 heavy (non-hydrogen) atoms. The molecule has 0 saturated heterocycles. The van der Waals surface area contributed by atoms with E-state index in [2.05, 4.69) is 0 Å². The average Bonchev–Trinajstić information content (AvgIpc) is 2.21. The molecule has 0 bridgehead atoms. The predicted molar refractivity (Wildman–Crippen MR) is 51.5 cm³/mol. The second-order valence-corrected chi connectivity index (χ2v) is 2.77. The molecule has 1 aromatic rings. The molecule has 0 radical (unpaired) electrons. The van der Waals surface area contributed by atoms with E-state index in [-0.39, 0.29) is 23.4 Å². The number of hydrogen-bond donors (Lipinski definition) is 1. The van der Waals surface area contributed by atoms with Crippen LogP contribution in [0.4, 0.5) is 11.4 Å². The zero-order valence-corrected chi connectivity index (χ0v) is 7.60. The van der Waals surface area contributed by atoms with Gasteiger partial charge in [-0.1, -0.05) is 0 Å². The minimum atomic E-state index is -0.624. The number of nitriles is 2. The van der Waals surface area contributed by atoms with Crippen LogP contribution >= 0.6 is 0 Å². The highest BCUT2D eigenvalue weighted by molar-refractivity contribution is 5.64. The second kappa shape index (κ2) is 4.07. The Morgan fingerprint density at radius 2 is 2.13 bits per heavy atom. The Balaban J connectivity index is 3.41. The summed E-state index contributed by atoms with van der Waals surface area (Å²) >= 11 is 0. The molecule has 0 aliphatic rings. The largest absolute Gasteiger partial charge is 0.397 e. The molecule has 0 unspecified atom stereocenters. The third-order valence-corrected chi connectivity index (χ3v) is 1.85. The highest BCUT2D eigenvalue weighted by atomic mass is 16.6. The maximum Gasteiger partial charge on any atom is 0.271 e. The van der Waals surface area contributed by atoms with Crippen molar-refractivity contribution < 1.29 is 4.92 Å². The maximum absolute atomic E-state index is 10.5. The quantitative estimate of drug-likeness (QED) is 0.438. The van der Waals surface area contributed by atoms with Crippen LogP contribution in [0.25, 0.3) is 0 Å². The van der Waals surface area contributed by atoms with Gasteiger partial charge in [0, 0.05) is 12.1 Å². The van der Waals surface area contributed by atoms with E-state index < -0.39 is 4.92 Å². The summed E-state index contributed by atoms with van der Waals surface area (Å²) in [5, 5.41) is 27.7. The molecular formula is C9H6N4O2. The van der Waals surface area contributed by atoms with E-state index in [4.69, 9.17) is 16.3 Å². The summed E-state index contributed by atoms with van der Waals surface area (Å²) in [6, 6.07) is 5.88. The first kappa shape index (κ1) is 10.5. The maximum atomic E-state index is 10.5. The van der Waals surface area contributed by atoms with Gasteiger partial charge in [-0.2, -0.15) is 10.5 Å². The summed E-state index contributed by atoms with van der Waals surface area (Å²) < 4.78 is 0. The molecule has 1 rings (SSSR count). The molecule has 6 nitrogen and oxygen atoms in total. The van der Waals surface area contributed by atoms with Crippen LogP contribution in [0.3, 0.4) is 0 Å². The third kappa shape index (κ3) is 2.01. The lowest BCUT2D eigenvalue weighted by atomic mass is 10.0. The Hall–Kier alpha value is -2.60. The van der Waals surface area contributed by atoms with Crippen molar-refractivity contribution in [3.05, 3.63) is 33.4 Å². The van der Waals surface area contributed by atoms with Crippen molar-refractivity contribution in [2.24, 2.45) is 0 Å². The number of nitrogens with zero attached hydrogens (tertiary/aromatic N) is 3. The minimum Gasteiger partial charge on any atom is -0.397 e. The predicted octanol–water partition coefficient (Wildman–Crippen LogP) is 1.11. The van der Waals surface area contributed by atoms with E-state index >= 15 is 0 Å². The molecule has 0 spiro atoms. The van der Waals surface area contributed by atoms with Gasteiger partial charge in [0.25, 0.3) is 5.69 Å². The molecule has 0 aliphatic heterocycles. The van der Waals surface area contributed by atoms with E-state index in [0.717, 1.165) is 6.07 Å². The topological polar surface area (TPSA) is 117 Å². The highest BCUT2D eigenvalue weighted by Gasteiger charge is 2.14. The molecule has 0 heterocycles. The van der Waals surface area contributed by atoms with E-state index in [0.29, 0.717) is 5.56 Å². The van der Waals surface area contributed by atoms with Crippen molar-refractivity contribution in [3.63, 3.8) is 0 Å². The lowest BCUT2D eigenvalue weighted by Crippen LogP contribution is -2.00. The number of nitrogen functional groups attached to an aromatic ring is 1. The number of nitro groups is 1. The summed E-state index contributed by atoms with van der Waals surface area (Å²) in [5.41, 5.74) is 5.78. The summed E-state index contributed by atoms with van der Waals surface area (Å²) in [6.45, 7) is 0. The van der Waals surface area contributed by atoms with Gasteiger partial charge in [-0.3, -0.25) is 10.1 Å². The van der Waals surface area contributed by atoms with Crippen LogP contribution in [-0.2, 0) is 6.42 Å². The van der Waals surface area contributed by atoms with E-state index in [9.17, 15) is 10.1 Å². The van der Waals surface area contributed by atoms with Crippen molar-refractivity contribution in [1.29, 1.82) is 10.5 Å². The fraction of sp³-hybridized carbons (Fsp3) is 0.111. The van der Waals surface area contributed by atoms with Crippen molar-refractivity contribution in [2.75, 3.05) is 5.73 Å². The molecular weight excluding hydrogens is 196 g/mol. The van der Waals surface area contributed by atoms with Gasteiger partial charge in [0.05, 0.1) is 28.7 Å². The summed E-state index contributed by atoms with van der Waals surface area (Å²) in [7, 11) is 0. The second-order valence-electron chi connectivity index (χ2n) is 2.77. The van der Waals surface area contributed by atoms with Crippen molar-refractivity contribution in [1.82, 2.24) is 0 Å². The normalized spacial score (nSPS) is 8.93. The number of nitrogens with two attached hydrogens (primary N) is 1. The lowest BCUT2D eigenvalue weighted by Gasteiger charge is -2.03. The number of anilines is 1. The summed E-state index contributed by atoms with van der Waals surface area (Å²) in [6.07, 6.45) is -0.0534. The number of nitro benzene ring substituents is 1. The number of rotatable bonds is 2. The highest BCUT2D eigenvalue weighted by Crippen LogP contribution is 2.24. The standard InChI is InChI=1S/C9H6N4O2/c10-2-1-6-3-8(13(14)15)4-7(5-11)9(6)12/h3-4H,1,12H2. The van der Waals surface area contributed by atoms with E-state index in [1.807, 2.05) is 6.07 Å². The average molecular weight is 202 g/mol. The summed E-state index contributed by atoms with van der Waals surface area (Å²) in [4.78, 5) is 9.89. The molecule has 0 aromatic heterocycles. The molecule has 0 saturated carbocycles. The van der Waals surface area contributed by atoms with Crippen LogP contribution in [0, 0.1) is 32.8 Å². The molecule has 0 aliphatic carbocycles. The zero-order chi connectivity index (χ0) is 11.4. The first-order valence-corrected chi connectivity index (χ1v) is 3.94. The molecule has 2 N–H and O–H groups in total. The molecule has 0 amide bonds. The van der Waals surface area contributed by atoms with Crippen molar-refractivity contribution in [3.8, 4) is 12.1 Å². The van der Waals surface area contributed by atoms with Crippen LogP contribution in [0.2, 0.25) is 0 Å². The Morgan fingerprint density at radius 1 is 1.47 bits per heavy atom. The molecule has 0 atom stereocenters. The van der Waals surface area contributed by atoms with Crippen LogP contribution in [-0.4, -0.2) is 4.92 Å². The van der Waals surface area contributed by atoms with Crippen LogP contribution < -0.4 is 5.73 Å². The smallest absolute Gasteiger partial charge is 0.271 e. The van der Waals surface area contributed by atoms with E-state index in [1.54, 1.807) is 6.07 Å². The van der Waals surface area contributed by atoms with Gasteiger partial charge in [0.1, 0.15) is 6.07 Å². The summed E-state index contributed by atoms with van der Waals surface area (Å²) in [5.74, 6) is 0. The lowest BCUT2D eigenvalue weighted by molar-refractivity contribution is -0.384. The zero-order valence-electron chi connectivity index (χ0n) is 7.60. The van der Waals surface area contributed by atoms with Crippen LogP contribution in [0.15, 0.2) is 12.1 Å². The van der Waals surface area contributed by atoms with Gasteiger partial charge in [0.15, 0.2) is 0 Å². The van der Waals surface area contributed by atoms with Crippen molar-refractivity contribution in [2.45, 2.75) is 6.42 Å².